The van der Waals surface area contributed by atoms with Gasteiger partial charge in [0, 0.05) is 9.61 Å². The molecule has 0 aromatic heterocycles. The van der Waals surface area contributed by atoms with Crippen LogP contribution in [0.1, 0.15) is 30.5 Å². The smallest absolute Gasteiger partial charge is 0.0292 e. The van der Waals surface area contributed by atoms with Gasteiger partial charge in [-0.3, -0.25) is 0 Å². The minimum atomic E-state index is 0.195. The zero-order valence-corrected chi connectivity index (χ0v) is 9.63. The summed E-state index contributed by atoms with van der Waals surface area (Å²) in [6.45, 7) is 4.23. The third-order valence-corrected chi connectivity index (χ3v) is 3.26. The van der Waals surface area contributed by atoms with Crippen LogP contribution in [0.15, 0.2) is 18.2 Å². The number of hydrogen-bond donors (Lipinski definition) is 1. The molecule has 0 heterocycles. The monoisotopic (exact) mass is 275 g/mol. The van der Waals surface area contributed by atoms with Crippen LogP contribution in [0.5, 0.6) is 0 Å². The molecule has 0 unspecified atom stereocenters. The van der Waals surface area contributed by atoms with Crippen LogP contribution in [0.3, 0.4) is 0 Å². The van der Waals surface area contributed by atoms with Gasteiger partial charge in [0.15, 0.2) is 0 Å². The highest BCUT2D eigenvalue weighted by atomic mass is 127. The molecule has 0 aliphatic rings. The van der Waals surface area contributed by atoms with E-state index in [4.69, 9.17) is 5.73 Å². The first-order valence-corrected chi connectivity index (χ1v) is 5.24. The Labute approximate surface area is 87.5 Å². The highest BCUT2D eigenvalue weighted by Crippen LogP contribution is 2.18. The minimum absolute atomic E-state index is 0.195. The molecule has 12 heavy (non-hydrogen) atoms. The topological polar surface area (TPSA) is 26.0 Å². The second-order valence-electron chi connectivity index (χ2n) is 3.02. The van der Waals surface area contributed by atoms with E-state index >= 15 is 0 Å². The van der Waals surface area contributed by atoms with Gasteiger partial charge in [0.05, 0.1) is 0 Å². The normalized spacial score (nSPS) is 13.0. The predicted octanol–water partition coefficient (Wildman–Crippen LogP) is 3.01. The fraction of sp³-hybridized carbons (Fsp3) is 0.400. The lowest BCUT2D eigenvalue weighted by Gasteiger charge is -2.10. The van der Waals surface area contributed by atoms with Gasteiger partial charge >= 0.3 is 0 Å². The molecule has 0 bridgehead atoms. The van der Waals surface area contributed by atoms with Crippen LogP contribution in [0.25, 0.3) is 0 Å². The summed E-state index contributed by atoms with van der Waals surface area (Å²) < 4.78 is 1.31. The van der Waals surface area contributed by atoms with Crippen LogP contribution < -0.4 is 5.73 Å². The van der Waals surface area contributed by atoms with Crippen LogP contribution in [-0.2, 0) is 0 Å². The Hall–Kier alpha value is -0.0900. The molecular formula is C10H14IN. The van der Waals surface area contributed by atoms with E-state index in [2.05, 4.69) is 54.6 Å². The van der Waals surface area contributed by atoms with Crippen molar-refractivity contribution in [2.45, 2.75) is 26.3 Å². The van der Waals surface area contributed by atoms with E-state index < -0.39 is 0 Å². The first kappa shape index (κ1) is 9.99. The Morgan fingerprint density at radius 2 is 2.17 bits per heavy atom. The molecule has 1 nitrogen and oxygen atoms in total. The van der Waals surface area contributed by atoms with Crippen molar-refractivity contribution < 1.29 is 0 Å². The molecule has 0 saturated heterocycles. The van der Waals surface area contributed by atoms with E-state index in [-0.39, 0.29) is 6.04 Å². The van der Waals surface area contributed by atoms with Crippen LogP contribution >= 0.6 is 22.6 Å². The number of aryl methyl sites for hydroxylation is 1. The zero-order chi connectivity index (χ0) is 9.14. The van der Waals surface area contributed by atoms with Gasteiger partial charge in [-0.15, -0.1) is 0 Å². The molecule has 2 N–H and O–H groups in total. The average molecular weight is 275 g/mol. The lowest BCUT2D eigenvalue weighted by Crippen LogP contribution is -2.08. The third-order valence-electron chi connectivity index (χ3n) is 2.05. The lowest BCUT2D eigenvalue weighted by molar-refractivity contribution is 0.698. The van der Waals surface area contributed by atoms with Gasteiger partial charge in [0.2, 0.25) is 0 Å². The van der Waals surface area contributed by atoms with Crippen molar-refractivity contribution in [2.24, 2.45) is 5.73 Å². The molecule has 66 valence electrons. The maximum atomic E-state index is 5.91. The Bertz CT molecular complexity index is 271. The van der Waals surface area contributed by atoms with E-state index in [0.29, 0.717) is 0 Å². The van der Waals surface area contributed by atoms with Crippen molar-refractivity contribution >= 4 is 22.6 Å². The van der Waals surface area contributed by atoms with E-state index in [1.54, 1.807) is 0 Å². The van der Waals surface area contributed by atoms with Crippen LogP contribution in [0.2, 0.25) is 0 Å². The Kier molecular flexibility index (Phi) is 3.53. The summed E-state index contributed by atoms with van der Waals surface area (Å²) in [4.78, 5) is 0. The molecule has 2 heteroatoms. The molecule has 1 aromatic carbocycles. The maximum absolute atomic E-state index is 5.91. The molecule has 0 fully saturated rings. The first-order valence-electron chi connectivity index (χ1n) is 4.16. The van der Waals surface area contributed by atoms with Gasteiger partial charge in [0.25, 0.3) is 0 Å². The van der Waals surface area contributed by atoms with Crippen molar-refractivity contribution in [3.8, 4) is 0 Å². The number of nitrogens with two attached hydrogens (primary N) is 1. The molecule has 0 radical (unpaired) electrons. The second-order valence-corrected chi connectivity index (χ2v) is 4.19. The average Bonchev–Trinajstić information content (AvgIpc) is 2.08. The molecule has 0 amide bonds. The van der Waals surface area contributed by atoms with Crippen molar-refractivity contribution in [3.05, 3.63) is 32.9 Å². The molecule has 0 aliphatic carbocycles. The van der Waals surface area contributed by atoms with Gasteiger partial charge in [-0.25, -0.2) is 0 Å². The molecule has 1 atom stereocenters. The molecule has 1 aromatic rings. The predicted molar refractivity (Wildman–Crippen MR) is 61.1 cm³/mol. The second kappa shape index (κ2) is 4.23. The minimum Gasteiger partial charge on any atom is -0.324 e. The van der Waals surface area contributed by atoms with E-state index in [1.165, 1.54) is 14.7 Å². The van der Waals surface area contributed by atoms with Gasteiger partial charge in [0.1, 0.15) is 0 Å². The van der Waals surface area contributed by atoms with E-state index in [9.17, 15) is 0 Å². The summed E-state index contributed by atoms with van der Waals surface area (Å²) >= 11 is 2.34. The van der Waals surface area contributed by atoms with Crippen molar-refractivity contribution in [1.29, 1.82) is 0 Å². The van der Waals surface area contributed by atoms with Crippen LogP contribution in [-0.4, -0.2) is 0 Å². The van der Waals surface area contributed by atoms with Gasteiger partial charge < -0.3 is 5.73 Å². The summed E-state index contributed by atoms with van der Waals surface area (Å²) in [6, 6.07) is 6.61. The van der Waals surface area contributed by atoms with Gasteiger partial charge in [-0.1, -0.05) is 19.1 Å². The summed E-state index contributed by atoms with van der Waals surface area (Å²) in [5, 5.41) is 0. The largest absolute Gasteiger partial charge is 0.324 e. The zero-order valence-electron chi connectivity index (χ0n) is 7.47. The third kappa shape index (κ3) is 2.20. The standard InChI is InChI=1S/C10H14IN/c1-3-10(12)8-4-5-9(11)7(2)6-8/h4-6,10H,3,12H2,1-2H3/t10-/m1/s1. The Morgan fingerprint density at radius 1 is 1.50 bits per heavy atom. The molecule has 0 saturated carbocycles. The molecule has 1 rings (SSSR count). The molecular weight excluding hydrogens is 261 g/mol. The summed E-state index contributed by atoms with van der Waals surface area (Å²) in [7, 11) is 0. The number of rotatable bonds is 2. The van der Waals surface area contributed by atoms with Crippen molar-refractivity contribution in [3.63, 3.8) is 0 Å². The number of halogens is 1. The Morgan fingerprint density at radius 3 is 2.67 bits per heavy atom. The highest BCUT2D eigenvalue weighted by molar-refractivity contribution is 14.1. The van der Waals surface area contributed by atoms with Crippen molar-refractivity contribution in [1.82, 2.24) is 0 Å². The molecule has 0 aliphatic heterocycles. The van der Waals surface area contributed by atoms with Crippen molar-refractivity contribution in [2.75, 3.05) is 0 Å². The lowest BCUT2D eigenvalue weighted by atomic mass is 10.0. The van der Waals surface area contributed by atoms with Crippen LogP contribution in [0.4, 0.5) is 0 Å². The SMILES string of the molecule is CC[C@@H](N)c1ccc(I)c(C)c1. The quantitative estimate of drug-likeness (QED) is 0.825. The van der Waals surface area contributed by atoms with Gasteiger partial charge in [-0.05, 0) is 53.1 Å². The van der Waals surface area contributed by atoms with E-state index in [0.717, 1.165) is 6.42 Å². The highest BCUT2D eigenvalue weighted by Gasteiger charge is 2.03. The first-order chi connectivity index (χ1) is 5.65. The van der Waals surface area contributed by atoms with Crippen LogP contribution in [0, 0.1) is 10.5 Å². The van der Waals surface area contributed by atoms with Gasteiger partial charge in [-0.2, -0.15) is 0 Å². The van der Waals surface area contributed by atoms with E-state index in [1.807, 2.05) is 0 Å². The fourth-order valence-corrected chi connectivity index (χ4v) is 1.47. The fourth-order valence-electron chi connectivity index (χ4n) is 1.13. The number of benzene rings is 1. The number of hydrogen-bond acceptors (Lipinski definition) is 1. The summed E-state index contributed by atoms with van der Waals surface area (Å²) in [6.07, 6.45) is 1.00. The summed E-state index contributed by atoms with van der Waals surface area (Å²) in [5.41, 5.74) is 8.47. The summed E-state index contributed by atoms with van der Waals surface area (Å²) in [5.74, 6) is 0. The maximum Gasteiger partial charge on any atom is 0.0292 e. The Balaban J connectivity index is 2.96. The molecule has 0 spiro atoms.